The second kappa shape index (κ2) is 9.87. The molecule has 1 aromatic carbocycles. The van der Waals surface area contributed by atoms with E-state index in [1.165, 1.54) is 4.31 Å². The van der Waals surface area contributed by atoms with E-state index in [0.717, 1.165) is 51.0 Å². The Labute approximate surface area is 202 Å². The predicted octanol–water partition coefficient (Wildman–Crippen LogP) is 3.99. The predicted molar refractivity (Wildman–Crippen MR) is 131 cm³/mol. The van der Waals surface area contributed by atoms with Crippen molar-refractivity contribution in [2.75, 3.05) is 24.1 Å². The molecule has 0 bridgehead atoms. The highest BCUT2D eigenvalue weighted by Gasteiger charge is 2.38. The number of aromatic nitrogens is 2. The van der Waals surface area contributed by atoms with E-state index in [1.807, 2.05) is 19.9 Å². The standard InChI is InChI=1S/C25H37N3O5S/c1-5-27-24(15-18(2)26-27)28(20-7-6-8-20)34(30,31)21-9-10-23(22(16-21)25(3,4)29)33-17-19-11-13-32-14-12-19/h9-10,15-16,19-20,29H,5-8,11-14,17H2,1-4H3. The van der Waals surface area contributed by atoms with Crippen molar-refractivity contribution < 1.29 is 23.0 Å². The van der Waals surface area contributed by atoms with Crippen molar-refractivity contribution in [2.45, 2.75) is 82.9 Å². The van der Waals surface area contributed by atoms with Crippen LogP contribution < -0.4 is 9.04 Å². The molecule has 1 saturated heterocycles. The zero-order chi connectivity index (χ0) is 24.5. The van der Waals surface area contributed by atoms with E-state index < -0.39 is 15.6 Å². The molecule has 34 heavy (non-hydrogen) atoms. The summed E-state index contributed by atoms with van der Waals surface area (Å²) in [5.74, 6) is 1.50. The number of anilines is 1. The zero-order valence-corrected chi connectivity index (χ0v) is 21.5. The minimum atomic E-state index is -3.88. The van der Waals surface area contributed by atoms with Gasteiger partial charge in [0.2, 0.25) is 0 Å². The lowest BCUT2D eigenvalue weighted by atomic mass is 9.93. The molecular weight excluding hydrogens is 454 g/mol. The molecule has 0 spiro atoms. The summed E-state index contributed by atoms with van der Waals surface area (Å²) in [6.45, 7) is 9.69. The largest absolute Gasteiger partial charge is 0.493 e. The molecule has 188 valence electrons. The smallest absolute Gasteiger partial charge is 0.265 e. The molecule has 0 unspecified atom stereocenters. The van der Waals surface area contributed by atoms with E-state index in [1.54, 1.807) is 36.7 Å². The minimum Gasteiger partial charge on any atom is -0.493 e. The van der Waals surface area contributed by atoms with Gasteiger partial charge in [0.25, 0.3) is 10.0 Å². The lowest BCUT2D eigenvalue weighted by Crippen LogP contribution is -2.45. The minimum absolute atomic E-state index is 0.0959. The van der Waals surface area contributed by atoms with Crippen LogP contribution in [-0.4, -0.2) is 49.2 Å². The molecule has 2 fully saturated rings. The molecule has 1 aliphatic carbocycles. The second-order valence-electron chi connectivity index (χ2n) is 9.93. The average molecular weight is 492 g/mol. The highest BCUT2D eigenvalue weighted by atomic mass is 32.2. The molecular formula is C25H37N3O5S. The SMILES string of the molecule is CCn1nc(C)cc1N(C1CCC1)S(=O)(=O)c1ccc(OCC2CCOCC2)c(C(C)(C)O)c1. The van der Waals surface area contributed by atoms with Gasteiger partial charge in [0, 0.05) is 37.4 Å². The summed E-state index contributed by atoms with van der Waals surface area (Å²) in [7, 11) is -3.88. The van der Waals surface area contributed by atoms with E-state index in [4.69, 9.17) is 9.47 Å². The molecule has 1 N–H and O–H groups in total. The van der Waals surface area contributed by atoms with Crippen LogP contribution in [-0.2, 0) is 26.9 Å². The Morgan fingerprint density at radius 2 is 1.91 bits per heavy atom. The van der Waals surface area contributed by atoms with Gasteiger partial charge in [-0.3, -0.25) is 0 Å². The van der Waals surface area contributed by atoms with Gasteiger partial charge in [0.1, 0.15) is 11.6 Å². The maximum Gasteiger partial charge on any atom is 0.265 e. The van der Waals surface area contributed by atoms with Crippen molar-refractivity contribution in [1.29, 1.82) is 0 Å². The van der Waals surface area contributed by atoms with Gasteiger partial charge in [-0.15, -0.1) is 0 Å². The Hall–Kier alpha value is -2.10. The lowest BCUT2D eigenvalue weighted by Gasteiger charge is -2.38. The molecule has 1 saturated carbocycles. The Morgan fingerprint density at radius 1 is 1.21 bits per heavy atom. The Kier molecular flexibility index (Phi) is 7.26. The number of benzene rings is 1. The second-order valence-corrected chi connectivity index (χ2v) is 11.7. The quantitative estimate of drug-likeness (QED) is 0.570. The van der Waals surface area contributed by atoms with E-state index >= 15 is 0 Å². The summed E-state index contributed by atoms with van der Waals surface area (Å²) in [6.07, 6.45) is 4.51. The highest BCUT2D eigenvalue weighted by molar-refractivity contribution is 7.92. The van der Waals surface area contributed by atoms with E-state index in [0.29, 0.717) is 36.2 Å². The Balaban J connectivity index is 1.69. The number of rotatable bonds is 9. The van der Waals surface area contributed by atoms with Gasteiger partial charge in [-0.2, -0.15) is 5.10 Å². The summed E-state index contributed by atoms with van der Waals surface area (Å²) in [5.41, 5.74) is -0.0145. The lowest BCUT2D eigenvalue weighted by molar-refractivity contribution is 0.0462. The average Bonchev–Trinajstić information content (AvgIpc) is 3.14. The summed E-state index contributed by atoms with van der Waals surface area (Å²) >= 11 is 0. The Morgan fingerprint density at radius 3 is 2.50 bits per heavy atom. The van der Waals surface area contributed by atoms with Gasteiger partial charge in [-0.1, -0.05) is 0 Å². The van der Waals surface area contributed by atoms with Gasteiger partial charge < -0.3 is 14.6 Å². The molecule has 9 heteroatoms. The monoisotopic (exact) mass is 491 g/mol. The number of hydrogen-bond donors (Lipinski definition) is 1. The van der Waals surface area contributed by atoms with Gasteiger partial charge in [0.05, 0.1) is 22.8 Å². The van der Waals surface area contributed by atoms with Crippen molar-refractivity contribution >= 4 is 15.8 Å². The molecule has 0 radical (unpaired) electrons. The van der Waals surface area contributed by atoms with E-state index in [2.05, 4.69) is 5.10 Å². The third-order valence-electron chi connectivity index (χ3n) is 6.79. The third-order valence-corrected chi connectivity index (χ3v) is 8.65. The third kappa shape index (κ3) is 5.11. The van der Waals surface area contributed by atoms with Gasteiger partial charge in [-0.25, -0.2) is 17.4 Å². The normalized spacial score (nSPS) is 18.0. The molecule has 2 aromatic rings. The van der Waals surface area contributed by atoms with E-state index in [-0.39, 0.29) is 10.9 Å². The van der Waals surface area contributed by atoms with Crippen LogP contribution in [0.3, 0.4) is 0 Å². The van der Waals surface area contributed by atoms with Crippen LogP contribution >= 0.6 is 0 Å². The summed E-state index contributed by atoms with van der Waals surface area (Å²) in [4.78, 5) is 0.149. The summed E-state index contributed by atoms with van der Waals surface area (Å²) < 4.78 is 42.8. The number of aryl methyl sites for hydroxylation is 2. The van der Waals surface area contributed by atoms with Gasteiger partial charge in [-0.05, 0) is 83.9 Å². The van der Waals surface area contributed by atoms with Crippen LogP contribution in [0, 0.1) is 12.8 Å². The Bertz CT molecular complexity index is 1100. The first kappa shape index (κ1) is 25.0. The van der Waals surface area contributed by atoms with Crippen LogP contribution in [0.1, 0.15) is 64.1 Å². The molecule has 8 nitrogen and oxygen atoms in total. The first-order valence-electron chi connectivity index (χ1n) is 12.3. The molecule has 1 aromatic heterocycles. The van der Waals surface area contributed by atoms with Crippen molar-refractivity contribution in [3.63, 3.8) is 0 Å². The van der Waals surface area contributed by atoms with Crippen molar-refractivity contribution in [2.24, 2.45) is 5.92 Å². The van der Waals surface area contributed by atoms with Crippen molar-refractivity contribution in [3.05, 3.63) is 35.5 Å². The van der Waals surface area contributed by atoms with Crippen molar-refractivity contribution in [1.82, 2.24) is 9.78 Å². The van der Waals surface area contributed by atoms with Crippen LogP contribution in [0.15, 0.2) is 29.2 Å². The topological polar surface area (TPSA) is 93.9 Å². The number of hydrogen-bond acceptors (Lipinski definition) is 6. The molecule has 1 aliphatic heterocycles. The molecule has 0 atom stereocenters. The van der Waals surface area contributed by atoms with Gasteiger partial charge in [0.15, 0.2) is 0 Å². The molecule has 2 aliphatic rings. The zero-order valence-electron chi connectivity index (χ0n) is 20.7. The summed E-state index contributed by atoms with van der Waals surface area (Å²) in [5, 5.41) is 15.4. The van der Waals surface area contributed by atoms with Crippen LogP contribution in [0.4, 0.5) is 5.82 Å². The maximum absolute atomic E-state index is 14.0. The number of nitrogens with zero attached hydrogens (tertiary/aromatic N) is 3. The fourth-order valence-corrected chi connectivity index (χ4v) is 6.31. The first-order valence-corrected chi connectivity index (χ1v) is 13.7. The molecule has 0 amide bonds. The highest BCUT2D eigenvalue weighted by Crippen LogP contribution is 2.38. The van der Waals surface area contributed by atoms with Crippen LogP contribution in [0.2, 0.25) is 0 Å². The van der Waals surface area contributed by atoms with Gasteiger partial charge >= 0.3 is 0 Å². The first-order chi connectivity index (χ1) is 16.1. The number of sulfonamides is 1. The maximum atomic E-state index is 14.0. The van der Waals surface area contributed by atoms with E-state index in [9.17, 15) is 13.5 Å². The number of ether oxygens (including phenoxy) is 2. The van der Waals surface area contributed by atoms with Crippen molar-refractivity contribution in [3.8, 4) is 5.75 Å². The fourth-order valence-electron chi connectivity index (χ4n) is 4.58. The number of aliphatic hydroxyl groups is 1. The molecule has 2 heterocycles. The van der Waals surface area contributed by atoms with Crippen LogP contribution in [0.25, 0.3) is 0 Å². The molecule has 4 rings (SSSR count). The summed E-state index contributed by atoms with van der Waals surface area (Å²) in [6, 6.07) is 6.58. The van der Waals surface area contributed by atoms with Crippen LogP contribution in [0.5, 0.6) is 5.75 Å². The fraction of sp³-hybridized carbons (Fsp3) is 0.640.